The summed E-state index contributed by atoms with van der Waals surface area (Å²) < 4.78 is 66.2. The second kappa shape index (κ2) is 6.55. The Balaban J connectivity index is 3.00. The predicted octanol–water partition coefficient (Wildman–Crippen LogP) is 2.29. The van der Waals surface area contributed by atoms with Gasteiger partial charge in [-0.1, -0.05) is 29.8 Å². The first-order valence-corrected chi connectivity index (χ1v) is 7.48. The second-order valence-electron chi connectivity index (χ2n) is 4.33. The fourth-order valence-electron chi connectivity index (χ4n) is 1.50. The highest BCUT2D eigenvalue weighted by Gasteiger charge is 2.44. The average Bonchev–Trinajstić information content (AvgIpc) is 2.34. The first-order chi connectivity index (χ1) is 9.15. The summed E-state index contributed by atoms with van der Waals surface area (Å²) in [4.78, 5) is 0. The maximum Gasteiger partial charge on any atom is 0.420 e. The molecule has 0 bridgehead atoms. The van der Waals surface area contributed by atoms with E-state index in [2.05, 4.69) is 4.18 Å². The highest BCUT2D eigenvalue weighted by atomic mass is 32.2. The van der Waals surface area contributed by atoms with Crippen molar-refractivity contribution in [2.75, 3.05) is 12.3 Å². The van der Waals surface area contributed by atoms with Crippen LogP contribution in [0.4, 0.5) is 13.2 Å². The van der Waals surface area contributed by atoms with Crippen molar-refractivity contribution in [3.05, 3.63) is 35.4 Å². The number of halogens is 3. The van der Waals surface area contributed by atoms with Crippen molar-refractivity contribution >= 4 is 10.1 Å². The molecule has 1 aromatic carbocycles. The molecule has 8 heteroatoms. The topological polar surface area (TPSA) is 69.4 Å². The van der Waals surface area contributed by atoms with E-state index in [1.54, 1.807) is 6.92 Å². The second-order valence-corrected chi connectivity index (χ2v) is 6.05. The van der Waals surface area contributed by atoms with Crippen molar-refractivity contribution < 1.29 is 25.8 Å². The van der Waals surface area contributed by atoms with Crippen molar-refractivity contribution in [3.8, 4) is 0 Å². The molecule has 1 unspecified atom stereocenters. The van der Waals surface area contributed by atoms with Crippen molar-refractivity contribution in [2.24, 2.45) is 5.73 Å². The molecule has 0 aliphatic rings. The molecule has 0 spiro atoms. The molecule has 0 saturated carbocycles. The van der Waals surface area contributed by atoms with E-state index < -0.39 is 28.2 Å². The van der Waals surface area contributed by atoms with Gasteiger partial charge in [0.15, 0.2) is 6.10 Å². The molecule has 4 nitrogen and oxygen atoms in total. The minimum Gasteiger partial charge on any atom is -0.330 e. The Kier molecular flexibility index (Phi) is 5.55. The van der Waals surface area contributed by atoms with E-state index in [1.165, 1.54) is 24.3 Å². The van der Waals surface area contributed by atoms with Crippen LogP contribution in [0.5, 0.6) is 0 Å². The zero-order valence-electron chi connectivity index (χ0n) is 10.9. The first-order valence-electron chi connectivity index (χ1n) is 5.90. The van der Waals surface area contributed by atoms with Gasteiger partial charge in [-0.25, -0.2) is 0 Å². The van der Waals surface area contributed by atoms with Gasteiger partial charge < -0.3 is 5.73 Å². The summed E-state index contributed by atoms with van der Waals surface area (Å²) in [5.41, 5.74) is 5.65. The quantitative estimate of drug-likeness (QED) is 0.818. The maximum atomic E-state index is 12.9. The van der Waals surface area contributed by atoms with Crippen LogP contribution >= 0.6 is 0 Å². The van der Waals surface area contributed by atoms with Gasteiger partial charge in [-0.2, -0.15) is 21.6 Å². The SMILES string of the molecule is Cc1ccc(C(OS(=O)(=O)CCCN)C(F)(F)F)cc1. The van der Waals surface area contributed by atoms with Crippen LogP contribution in [-0.4, -0.2) is 26.9 Å². The lowest BCUT2D eigenvalue weighted by atomic mass is 10.1. The van der Waals surface area contributed by atoms with Crippen LogP contribution in [0.2, 0.25) is 0 Å². The summed E-state index contributed by atoms with van der Waals surface area (Å²) in [6, 6.07) is 5.33. The number of rotatable bonds is 6. The Morgan fingerprint density at radius 1 is 1.25 bits per heavy atom. The number of alkyl halides is 3. The van der Waals surface area contributed by atoms with Crippen LogP contribution in [0.1, 0.15) is 23.7 Å². The largest absolute Gasteiger partial charge is 0.420 e. The van der Waals surface area contributed by atoms with Gasteiger partial charge in [0.2, 0.25) is 0 Å². The molecule has 0 radical (unpaired) electrons. The van der Waals surface area contributed by atoms with E-state index in [0.29, 0.717) is 0 Å². The molecule has 0 heterocycles. The Labute approximate surface area is 115 Å². The molecule has 0 aliphatic heterocycles. The molecule has 0 fully saturated rings. The standard InChI is InChI=1S/C12H16F3NO3S/c1-9-3-5-10(6-4-9)11(12(13,14)15)19-20(17,18)8-2-7-16/h3-6,11H,2,7-8,16H2,1H3. The van der Waals surface area contributed by atoms with Crippen LogP contribution in [0.3, 0.4) is 0 Å². The van der Waals surface area contributed by atoms with E-state index in [1.807, 2.05) is 0 Å². The third-order valence-corrected chi connectivity index (χ3v) is 3.79. The molecule has 2 N–H and O–H groups in total. The van der Waals surface area contributed by atoms with Crippen molar-refractivity contribution in [1.82, 2.24) is 0 Å². The molecule has 0 saturated heterocycles. The maximum absolute atomic E-state index is 12.9. The summed E-state index contributed by atoms with van der Waals surface area (Å²) in [6.45, 7) is 1.77. The Hall–Kier alpha value is -1.12. The fraction of sp³-hybridized carbons (Fsp3) is 0.500. The van der Waals surface area contributed by atoms with Gasteiger partial charge in [-0.05, 0) is 25.5 Å². The van der Waals surface area contributed by atoms with Crippen LogP contribution < -0.4 is 5.73 Å². The Morgan fingerprint density at radius 3 is 2.25 bits per heavy atom. The number of hydrogen-bond acceptors (Lipinski definition) is 4. The van der Waals surface area contributed by atoms with Crippen LogP contribution in [0, 0.1) is 6.92 Å². The lowest BCUT2D eigenvalue weighted by Crippen LogP contribution is -2.27. The highest BCUT2D eigenvalue weighted by Crippen LogP contribution is 2.37. The zero-order chi connectivity index (χ0) is 15.4. The van der Waals surface area contributed by atoms with E-state index in [9.17, 15) is 21.6 Å². The molecule has 0 aliphatic carbocycles. The van der Waals surface area contributed by atoms with E-state index in [-0.39, 0.29) is 18.5 Å². The fourth-order valence-corrected chi connectivity index (χ4v) is 2.63. The smallest absolute Gasteiger partial charge is 0.330 e. The van der Waals surface area contributed by atoms with Gasteiger partial charge in [0, 0.05) is 0 Å². The molecule has 1 atom stereocenters. The van der Waals surface area contributed by atoms with Crippen molar-refractivity contribution in [3.63, 3.8) is 0 Å². The molecular weight excluding hydrogens is 295 g/mol. The van der Waals surface area contributed by atoms with Gasteiger partial charge in [-0.15, -0.1) is 0 Å². The summed E-state index contributed by atoms with van der Waals surface area (Å²) in [7, 11) is -4.28. The zero-order valence-corrected chi connectivity index (χ0v) is 11.7. The molecular formula is C12H16F3NO3S. The summed E-state index contributed by atoms with van der Waals surface area (Å²) >= 11 is 0. The Bertz CT molecular complexity index is 526. The highest BCUT2D eigenvalue weighted by molar-refractivity contribution is 7.86. The monoisotopic (exact) mass is 311 g/mol. The van der Waals surface area contributed by atoms with E-state index in [0.717, 1.165) is 5.56 Å². The van der Waals surface area contributed by atoms with Gasteiger partial charge in [0.25, 0.3) is 10.1 Å². The number of nitrogens with two attached hydrogens (primary N) is 1. The lowest BCUT2D eigenvalue weighted by molar-refractivity contribution is -0.196. The minimum absolute atomic E-state index is 0.0425. The van der Waals surface area contributed by atoms with Crippen LogP contribution in [-0.2, 0) is 14.3 Å². The van der Waals surface area contributed by atoms with Gasteiger partial charge in [0.05, 0.1) is 5.75 Å². The van der Waals surface area contributed by atoms with Crippen LogP contribution in [0.15, 0.2) is 24.3 Å². The third-order valence-electron chi connectivity index (χ3n) is 2.52. The minimum atomic E-state index is -4.81. The number of aryl methyl sites for hydroxylation is 1. The molecule has 1 rings (SSSR count). The van der Waals surface area contributed by atoms with Crippen LogP contribution in [0.25, 0.3) is 0 Å². The van der Waals surface area contributed by atoms with Gasteiger partial charge in [0.1, 0.15) is 0 Å². The molecule has 0 aromatic heterocycles. The molecule has 20 heavy (non-hydrogen) atoms. The predicted molar refractivity (Wildman–Crippen MR) is 68.5 cm³/mol. The summed E-state index contributed by atoms with van der Waals surface area (Å²) in [5.74, 6) is -0.540. The van der Waals surface area contributed by atoms with Gasteiger partial charge >= 0.3 is 6.18 Å². The van der Waals surface area contributed by atoms with Crippen molar-refractivity contribution in [2.45, 2.75) is 25.6 Å². The average molecular weight is 311 g/mol. The number of hydrogen-bond donors (Lipinski definition) is 1. The summed E-state index contributed by atoms with van der Waals surface area (Å²) in [5, 5.41) is 0. The Morgan fingerprint density at radius 2 is 1.80 bits per heavy atom. The third kappa shape index (κ3) is 5.10. The normalized spacial score (nSPS) is 14.2. The number of benzene rings is 1. The summed E-state index contributed by atoms with van der Waals surface area (Å²) in [6.07, 6.45) is -7.27. The molecule has 114 valence electrons. The molecule has 1 aromatic rings. The van der Waals surface area contributed by atoms with Gasteiger partial charge in [-0.3, -0.25) is 4.18 Å². The van der Waals surface area contributed by atoms with E-state index >= 15 is 0 Å². The first kappa shape index (κ1) is 16.9. The van der Waals surface area contributed by atoms with E-state index in [4.69, 9.17) is 5.73 Å². The molecule has 0 amide bonds. The lowest BCUT2D eigenvalue weighted by Gasteiger charge is -2.20. The van der Waals surface area contributed by atoms with Crippen molar-refractivity contribution in [1.29, 1.82) is 0 Å².